The zero-order valence-electron chi connectivity index (χ0n) is 11.2. The Kier molecular flexibility index (Phi) is 3.75. The number of benzene rings is 1. The van der Waals surface area contributed by atoms with E-state index in [0.29, 0.717) is 17.8 Å². The highest BCUT2D eigenvalue weighted by Gasteiger charge is 2.35. The van der Waals surface area contributed by atoms with Crippen molar-refractivity contribution in [1.82, 2.24) is 4.90 Å². The van der Waals surface area contributed by atoms with Crippen LogP contribution in [0.4, 0.5) is 10.1 Å². The largest absolute Gasteiger partial charge is 0.399 e. The predicted molar refractivity (Wildman–Crippen MR) is 71.2 cm³/mol. The smallest absolute Gasteiger partial charge is 0.257 e. The fourth-order valence-corrected chi connectivity index (χ4v) is 2.65. The average molecular weight is 266 g/mol. The van der Waals surface area contributed by atoms with Crippen LogP contribution in [0.25, 0.3) is 0 Å². The standard InChI is InChI=1S/C14H19FN2O2/c1-8-3-4-17(12(8)7-18)14(19)11-6-10(16)5-9(2)13(11)15/h5-6,8,12,18H,3-4,7,16H2,1-2H3. The second-order valence-electron chi connectivity index (χ2n) is 5.21. The summed E-state index contributed by atoms with van der Waals surface area (Å²) in [6.45, 7) is 4.00. The summed E-state index contributed by atoms with van der Waals surface area (Å²) in [5.74, 6) is -0.703. The van der Waals surface area contributed by atoms with Crippen LogP contribution < -0.4 is 5.73 Å². The number of aliphatic hydroxyl groups is 1. The van der Waals surface area contributed by atoms with Gasteiger partial charge >= 0.3 is 0 Å². The first-order valence-corrected chi connectivity index (χ1v) is 6.43. The van der Waals surface area contributed by atoms with Crippen LogP contribution in [0.1, 0.15) is 29.3 Å². The zero-order chi connectivity index (χ0) is 14.2. The van der Waals surface area contributed by atoms with Gasteiger partial charge in [0.15, 0.2) is 0 Å². The highest BCUT2D eigenvalue weighted by atomic mass is 19.1. The van der Waals surface area contributed by atoms with Crippen LogP contribution in [-0.2, 0) is 0 Å². The summed E-state index contributed by atoms with van der Waals surface area (Å²) in [6, 6.07) is 2.62. The molecule has 0 spiro atoms. The quantitative estimate of drug-likeness (QED) is 0.798. The molecule has 0 aromatic heterocycles. The fraction of sp³-hybridized carbons (Fsp3) is 0.500. The second kappa shape index (κ2) is 5.17. The topological polar surface area (TPSA) is 66.6 Å². The van der Waals surface area contributed by atoms with Crippen LogP contribution in [0.5, 0.6) is 0 Å². The molecule has 1 heterocycles. The first-order valence-electron chi connectivity index (χ1n) is 6.43. The number of nitrogens with zero attached hydrogens (tertiary/aromatic N) is 1. The number of rotatable bonds is 2. The van der Waals surface area contributed by atoms with E-state index >= 15 is 0 Å². The molecular weight excluding hydrogens is 247 g/mol. The van der Waals surface area contributed by atoms with Crippen LogP contribution in [0.15, 0.2) is 12.1 Å². The first-order chi connectivity index (χ1) is 8.95. The van der Waals surface area contributed by atoms with Gasteiger partial charge in [0, 0.05) is 12.2 Å². The number of anilines is 1. The van der Waals surface area contributed by atoms with Crippen LogP contribution in [0.2, 0.25) is 0 Å². The summed E-state index contributed by atoms with van der Waals surface area (Å²) in [5.41, 5.74) is 6.39. The molecule has 19 heavy (non-hydrogen) atoms. The van der Waals surface area contributed by atoms with Gasteiger partial charge in [-0.05, 0) is 37.0 Å². The maximum absolute atomic E-state index is 14.0. The van der Waals surface area contributed by atoms with Gasteiger partial charge in [0.1, 0.15) is 5.82 Å². The maximum Gasteiger partial charge on any atom is 0.257 e. The Hall–Kier alpha value is -1.62. The summed E-state index contributed by atoms with van der Waals surface area (Å²) < 4.78 is 14.0. The van der Waals surface area contributed by atoms with Gasteiger partial charge in [-0.2, -0.15) is 0 Å². The number of hydrogen-bond donors (Lipinski definition) is 2. The van der Waals surface area contributed by atoms with E-state index in [1.54, 1.807) is 11.8 Å². The molecule has 1 aliphatic rings. The molecule has 5 heteroatoms. The van der Waals surface area contributed by atoms with Crippen LogP contribution >= 0.6 is 0 Å². The van der Waals surface area contributed by atoms with Crippen LogP contribution in [0.3, 0.4) is 0 Å². The minimum atomic E-state index is -0.532. The zero-order valence-corrected chi connectivity index (χ0v) is 11.2. The number of likely N-dealkylation sites (tertiary alicyclic amines) is 1. The lowest BCUT2D eigenvalue weighted by Gasteiger charge is -2.25. The average Bonchev–Trinajstić information content (AvgIpc) is 2.74. The van der Waals surface area contributed by atoms with E-state index in [0.717, 1.165) is 6.42 Å². The van der Waals surface area contributed by atoms with Gasteiger partial charge in [-0.1, -0.05) is 6.92 Å². The van der Waals surface area contributed by atoms with E-state index in [1.807, 2.05) is 6.92 Å². The monoisotopic (exact) mass is 266 g/mol. The van der Waals surface area contributed by atoms with Crippen molar-refractivity contribution in [2.75, 3.05) is 18.9 Å². The van der Waals surface area contributed by atoms with Gasteiger partial charge in [-0.3, -0.25) is 4.79 Å². The highest BCUT2D eigenvalue weighted by Crippen LogP contribution is 2.27. The van der Waals surface area contributed by atoms with Gasteiger partial charge in [-0.15, -0.1) is 0 Å². The van der Waals surface area contributed by atoms with Crippen molar-refractivity contribution >= 4 is 11.6 Å². The van der Waals surface area contributed by atoms with Crippen LogP contribution in [-0.4, -0.2) is 35.1 Å². The lowest BCUT2D eigenvalue weighted by molar-refractivity contribution is 0.0643. The van der Waals surface area contributed by atoms with Crippen molar-refractivity contribution in [3.63, 3.8) is 0 Å². The number of aryl methyl sites for hydroxylation is 1. The summed E-state index contributed by atoms with van der Waals surface area (Å²) in [6.07, 6.45) is 0.819. The summed E-state index contributed by atoms with van der Waals surface area (Å²) in [5, 5.41) is 9.37. The molecule has 1 aromatic rings. The molecule has 0 aliphatic carbocycles. The molecule has 2 rings (SSSR count). The van der Waals surface area contributed by atoms with Crippen molar-refractivity contribution in [3.8, 4) is 0 Å². The Morgan fingerprint density at radius 3 is 2.89 bits per heavy atom. The van der Waals surface area contributed by atoms with E-state index < -0.39 is 11.7 Å². The predicted octanol–water partition coefficient (Wildman–Crippen LogP) is 1.56. The molecule has 1 fully saturated rings. The number of nitrogens with two attached hydrogens (primary N) is 1. The van der Waals surface area contributed by atoms with E-state index in [1.165, 1.54) is 12.1 Å². The van der Waals surface area contributed by atoms with Gasteiger partial charge in [0.2, 0.25) is 0 Å². The molecule has 0 radical (unpaired) electrons. The third-order valence-corrected chi connectivity index (χ3v) is 3.84. The number of aliphatic hydroxyl groups excluding tert-OH is 1. The number of halogens is 1. The Balaban J connectivity index is 2.35. The number of carbonyl (C=O) groups excluding carboxylic acids is 1. The lowest BCUT2D eigenvalue weighted by atomic mass is 10.0. The summed E-state index contributed by atoms with van der Waals surface area (Å²) >= 11 is 0. The van der Waals surface area contributed by atoms with E-state index in [4.69, 9.17) is 5.73 Å². The van der Waals surface area contributed by atoms with Crippen molar-refractivity contribution in [2.24, 2.45) is 5.92 Å². The van der Waals surface area contributed by atoms with Gasteiger partial charge < -0.3 is 15.7 Å². The maximum atomic E-state index is 14.0. The minimum absolute atomic E-state index is 0.00921. The van der Waals surface area contributed by atoms with Crippen molar-refractivity contribution in [2.45, 2.75) is 26.3 Å². The molecular formula is C14H19FN2O2. The molecule has 1 aromatic carbocycles. The van der Waals surface area contributed by atoms with Gasteiger partial charge in [0.05, 0.1) is 18.2 Å². The number of carbonyl (C=O) groups is 1. The SMILES string of the molecule is Cc1cc(N)cc(C(=O)N2CCC(C)C2CO)c1F. The first kappa shape index (κ1) is 13.8. The van der Waals surface area contributed by atoms with E-state index in [2.05, 4.69) is 0 Å². The molecule has 0 saturated carbocycles. The Morgan fingerprint density at radius 2 is 2.26 bits per heavy atom. The molecule has 0 bridgehead atoms. The lowest BCUT2D eigenvalue weighted by Crippen LogP contribution is -2.40. The molecule has 104 valence electrons. The molecule has 1 saturated heterocycles. The Bertz CT molecular complexity index is 504. The number of hydrogen-bond acceptors (Lipinski definition) is 3. The summed E-state index contributed by atoms with van der Waals surface area (Å²) in [4.78, 5) is 13.9. The number of amides is 1. The third kappa shape index (κ3) is 2.42. The van der Waals surface area contributed by atoms with Gasteiger partial charge in [-0.25, -0.2) is 4.39 Å². The molecule has 3 N–H and O–H groups in total. The summed E-state index contributed by atoms with van der Waals surface area (Å²) in [7, 11) is 0. The van der Waals surface area contributed by atoms with E-state index in [-0.39, 0.29) is 24.1 Å². The minimum Gasteiger partial charge on any atom is -0.399 e. The molecule has 2 unspecified atom stereocenters. The molecule has 2 atom stereocenters. The molecule has 1 aliphatic heterocycles. The highest BCUT2D eigenvalue weighted by molar-refractivity contribution is 5.96. The molecule has 1 amide bonds. The third-order valence-electron chi connectivity index (χ3n) is 3.84. The van der Waals surface area contributed by atoms with Crippen molar-refractivity contribution < 1.29 is 14.3 Å². The second-order valence-corrected chi connectivity index (χ2v) is 5.21. The van der Waals surface area contributed by atoms with Crippen molar-refractivity contribution in [1.29, 1.82) is 0 Å². The Labute approximate surface area is 112 Å². The van der Waals surface area contributed by atoms with Crippen LogP contribution in [0, 0.1) is 18.7 Å². The Morgan fingerprint density at radius 1 is 1.58 bits per heavy atom. The van der Waals surface area contributed by atoms with E-state index in [9.17, 15) is 14.3 Å². The van der Waals surface area contributed by atoms with Crippen molar-refractivity contribution in [3.05, 3.63) is 29.1 Å². The molecule has 4 nitrogen and oxygen atoms in total. The fourth-order valence-electron chi connectivity index (χ4n) is 2.65. The normalized spacial score (nSPS) is 22.8. The van der Waals surface area contributed by atoms with Gasteiger partial charge in [0.25, 0.3) is 5.91 Å². The number of nitrogen functional groups attached to an aromatic ring is 1.